The molecule has 1 aliphatic carbocycles. The summed E-state index contributed by atoms with van der Waals surface area (Å²) in [5, 5.41) is 4.42. The second-order valence-corrected chi connectivity index (χ2v) is 6.58. The molecule has 0 bridgehead atoms. The molecule has 0 saturated heterocycles. The monoisotopic (exact) mass is 309 g/mol. The van der Waals surface area contributed by atoms with Gasteiger partial charge in [-0.15, -0.1) is 0 Å². The first-order valence-corrected chi connectivity index (χ1v) is 8.76. The van der Waals surface area contributed by atoms with Crippen LogP contribution in [0, 0.1) is 5.92 Å². The smallest absolute Gasteiger partial charge is 0.119 e. The van der Waals surface area contributed by atoms with E-state index in [0.29, 0.717) is 6.04 Å². The van der Waals surface area contributed by atoms with Crippen LogP contribution in [0.25, 0.3) is 0 Å². The van der Waals surface area contributed by atoms with E-state index < -0.39 is 0 Å². The molecule has 0 aromatic heterocycles. The topological polar surface area (TPSA) is 21.3 Å². The van der Waals surface area contributed by atoms with Crippen LogP contribution in [0.1, 0.15) is 52.4 Å². The van der Waals surface area contributed by atoms with Gasteiger partial charge in [-0.1, -0.05) is 38.3 Å². The molecule has 3 unspecified atom stereocenters. The van der Waals surface area contributed by atoms with Crippen LogP contribution in [0.5, 0.6) is 5.75 Å². The van der Waals surface area contributed by atoms with Crippen LogP contribution in [-0.2, 0) is 0 Å². The second-order valence-electron chi connectivity index (χ2n) is 6.14. The van der Waals surface area contributed by atoms with Crippen molar-refractivity contribution in [1.29, 1.82) is 0 Å². The van der Waals surface area contributed by atoms with Gasteiger partial charge in [0.05, 0.1) is 0 Å². The number of ether oxygens (including phenoxy) is 1. The summed E-state index contributed by atoms with van der Waals surface area (Å²) in [6.07, 6.45) is 7.76. The quantitative estimate of drug-likeness (QED) is 0.760. The van der Waals surface area contributed by atoms with Crippen LogP contribution in [0.2, 0.25) is 5.02 Å². The Hall–Kier alpha value is -0.730. The SMILES string of the molecule is CCCNC1CCC(CCC)CC1Oc1ccc(Cl)cc1. The fourth-order valence-electron chi connectivity index (χ4n) is 3.26. The van der Waals surface area contributed by atoms with E-state index in [1.54, 1.807) is 0 Å². The average molecular weight is 310 g/mol. The number of nitrogens with one attached hydrogen (secondary N) is 1. The minimum absolute atomic E-state index is 0.281. The zero-order valence-electron chi connectivity index (χ0n) is 13.3. The van der Waals surface area contributed by atoms with E-state index in [4.69, 9.17) is 16.3 Å². The van der Waals surface area contributed by atoms with E-state index in [1.165, 1.54) is 32.1 Å². The van der Waals surface area contributed by atoms with E-state index in [2.05, 4.69) is 19.2 Å². The first-order valence-electron chi connectivity index (χ1n) is 8.38. The standard InChI is InChI=1S/C18H28ClNO/c1-3-5-14-6-11-17(20-12-4-2)18(13-14)21-16-9-7-15(19)8-10-16/h7-10,14,17-18,20H,3-6,11-13H2,1-2H3. The lowest BCUT2D eigenvalue weighted by Crippen LogP contribution is -2.47. The Kier molecular flexibility index (Phi) is 6.85. The largest absolute Gasteiger partial charge is 0.489 e. The van der Waals surface area contributed by atoms with E-state index in [9.17, 15) is 0 Å². The maximum Gasteiger partial charge on any atom is 0.119 e. The molecule has 1 N–H and O–H groups in total. The lowest BCUT2D eigenvalue weighted by molar-refractivity contribution is 0.0833. The fraction of sp³-hybridized carbons (Fsp3) is 0.667. The highest BCUT2D eigenvalue weighted by atomic mass is 35.5. The first kappa shape index (κ1) is 16.6. The third-order valence-electron chi connectivity index (χ3n) is 4.35. The lowest BCUT2D eigenvalue weighted by atomic mass is 9.81. The fourth-order valence-corrected chi connectivity index (χ4v) is 3.39. The molecule has 3 heteroatoms. The molecule has 118 valence electrons. The molecular weight excluding hydrogens is 282 g/mol. The summed E-state index contributed by atoms with van der Waals surface area (Å²) in [6, 6.07) is 8.23. The van der Waals surface area contributed by atoms with Crippen molar-refractivity contribution in [2.75, 3.05) is 6.54 Å². The van der Waals surface area contributed by atoms with Crippen molar-refractivity contribution in [3.63, 3.8) is 0 Å². The summed E-state index contributed by atoms with van der Waals surface area (Å²) in [4.78, 5) is 0. The molecule has 21 heavy (non-hydrogen) atoms. The van der Waals surface area contributed by atoms with E-state index in [1.807, 2.05) is 24.3 Å². The van der Waals surface area contributed by atoms with Crippen molar-refractivity contribution in [3.05, 3.63) is 29.3 Å². The Morgan fingerprint density at radius 3 is 2.57 bits per heavy atom. The van der Waals surface area contributed by atoms with Crippen molar-refractivity contribution in [1.82, 2.24) is 5.32 Å². The summed E-state index contributed by atoms with van der Waals surface area (Å²) in [7, 11) is 0. The normalized spacial score (nSPS) is 25.8. The van der Waals surface area contributed by atoms with E-state index in [0.717, 1.165) is 29.7 Å². The van der Waals surface area contributed by atoms with Gasteiger partial charge < -0.3 is 10.1 Å². The first-order chi connectivity index (χ1) is 10.2. The van der Waals surface area contributed by atoms with Gasteiger partial charge in [-0.3, -0.25) is 0 Å². The summed E-state index contributed by atoms with van der Waals surface area (Å²) in [5.41, 5.74) is 0. The van der Waals surface area contributed by atoms with E-state index >= 15 is 0 Å². The minimum Gasteiger partial charge on any atom is -0.489 e. The summed E-state index contributed by atoms with van der Waals surface area (Å²) in [5.74, 6) is 1.75. The van der Waals surface area contributed by atoms with Gasteiger partial charge in [-0.25, -0.2) is 0 Å². The van der Waals surface area contributed by atoms with E-state index in [-0.39, 0.29) is 6.10 Å². The molecule has 0 heterocycles. The maximum atomic E-state index is 6.28. The van der Waals surface area contributed by atoms with Gasteiger partial charge >= 0.3 is 0 Å². The minimum atomic E-state index is 0.281. The number of hydrogen-bond donors (Lipinski definition) is 1. The Morgan fingerprint density at radius 2 is 1.90 bits per heavy atom. The number of hydrogen-bond acceptors (Lipinski definition) is 2. The average Bonchev–Trinajstić information content (AvgIpc) is 2.49. The van der Waals surface area contributed by atoms with Crippen molar-refractivity contribution in [2.24, 2.45) is 5.92 Å². The molecule has 1 aliphatic rings. The molecule has 1 aromatic rings. The van der Waals surface area contributed by atoms with Crippen molar-refractivity contribution < 1.29 is 4.74 Å². The Morgan fingerprint density at radius 1 is 1.14 bits per heavy atom. The van der Waals surface area contributed by atoms with Crippen LogP contribution < -0.4 is 10.1 Å². The number of rotatable bonds is 7. The predicted octanol–water partition coefficient (Wildman–Crippen LogP) is 5.06. The molecule has 0 radical (unpaired) electrons. The highest BCUT2D eigenvalue weighted by Crippen LogP contribution is 2.31. The maximum absolute atomic E-state index is 6.28. The molecule has 0 amide bonds. The molecular formula is C18H28ClNO. The third kappa shape index (κ3) is 5.19. The van der Waals surface area contributed by atoms with Gasteiger partial charge in [0, 0.05) is 11.1 Å². The van der Waals surface area contributed by atoms with Gasteiger partial charge in [0.1, 0.15) is 11.9 Å². The Labute approximate surface area is 134 Å². The summed E-state index contributed by atoms with van der Waals surface area (Å²) >= 11 is 5.95. The van der Waals surface area contributed by atoms with Crippen LogP contribution >= 0.6 is 11.6 Å². The zero-order chi connectivity index (χ0) is 15.1. The van der Waals surface area contributed by atoms with Crippen LogP contribution in [0.3, 0.4) is 0 Å². The number of halogens is 1. The molecule has 2 rings (SSSR count). The predicted molar refractivity (Wildman–Crippen MR) is 90.2 cm³/mol. The lowest BCUT2D eigenvalue weighted by Gasteiger charge is -2.37. The number of benzene rings is 1. The van der Waals surface area contributed by atoms with Crippen molar-refractivity contribution in [2.45, 2.75) is 64.5 Å². The highest BCUT2D eigenvalue weighted by Gasteiger charge is 2.31. The molecule has 0 spiro atoms. The molecule has 1 saturated carbocycles. The van der Waals surface area contributed by atoms with Crippen molar-refractivity contribution in [3.8, 4) is 5.75 Å². The van der Waals surface area contributed by atoms with Gasteiger partial charge in [-0.05, 0) is 62.4 Å². The molecule has 2 nitrogen and oxygen atoms in total. The molecule has 3 atom stereocenters. The molecule has 1 aromatic carbocycles. The molecule has 1 fully saturated rings. The summed E-state index contributed by atoms with van der Waals surface area (Å²) < 4.78 is 6.28. The summed E-state index contributed by atoms with van der Waals surface area (Å²) in [6.45, 7) is 5.56. The van der Waals surface area contributed by atoms with Crippen LogP contribution in [-0.4, -0.2) is 18.7 Å². The molecule has 0 aliphatic heterocycles. The highest BCUT2D eigenvalue weighted by molar-refractivity contribution is 6.30. The second kappa shape index (κ2) is 8.65. The van der Waals surface area contributed by atoms with Gasteiger partial charge in [0.2, 0.25) is 0 Å². The van der Waals surface area contributed by atoms with Crippen molar-refractivity contribution >= 4 is 11.6 Å². The van der Waals surface area contributed by atoms with Gasteiger partial charge in [0.25, 0.3) is 0 Å². The van der Waals surface area contributed by atoms with Gasteiger partial charge in [-0.2, -0.15) is 0 Å². The Bertz CT molecular complexity index is 406. The van der Waals surface area contributed by atoms with Gasteiger partial charge in [0.15, 0.2) is 0 Å². The third-order valence-corrected chi connectivity index (χ3v) is 4.61. The van der Waals surface area contributed by atoms with Crippen LogP contribution in [0.15, 0.2) is 24.3 Å². The Balaban J connectivity index is 1.99. The van der Waals surface area contributed by atoms with Crippen LogP contribution in [0.4, 0.5) is 0 Å². The zero-order valence-corrected chi connectivity index (χ0v) is 14.0.